The van der Waals surface area contributed by atoms with Gasteiger partial charge in [0, 0.05) is 23.7 Å². The lowest BCUT2D eigenvalue weighted by Crippen LogP contribution is -2.52. The molecule has 1 fully saturated rings. The van der Waals surface area contributed by atoms with E-state index in [1.165, 1.54) is 4.90 Å². The molecule has 0 spiro atoms. The van der Waals surface area contributed by atoms with Crippen LogP contribution in [0.15, 0.2) is 60.8 Å². The van der Waals surface area contributed by atoms with E-state index in [1.807, 2.05) is 44.2 Å². The second-order valence-corrected chi connectivity index (χ2v) is 9.14. The van der Waals surface area contributed by atoms with Crippen molar-refractivity contribution >= 4 is 22.7 Å². The largest absolute Gasteiger partial charge is 0.489 e. The summed E-state index contributed by atoms with van der Waals surface area (Å²) in [5.41, 5.74) is 9.63. The number of nitrogens with zero attached hydrogens (tertiary/aromatic N) is 2. The van der Waals surface area contributed by atoms with Gasteiger partial charge in [0.2, 0.25) is 5.91 Å². The van der Waals surface area contributed by atoms with Crippen LogP contribution in [0.4, 0.5) is 0 Å². The van der Waals surface area contributed by atoms with Crippen molar-refractivity contribution in [2.75, 3.05) is 6.54 Å². The summed E-state index contributed by atoms with van der Waals surface area (Å²) >= 11 is 0. The summed E-state index contributed by atoms with van der Waals surface area (Å²) in [4.78, 5) is 31.4. The van der Waals surface area contributed by atoms with Crippen molar-refractivity contribution in [3.05, 3.63) is 71.9 Å². The summed E-state index contributed by atoms with van der Waals surface area (Å²) < 4.78 is 5.98. The van der Waals surface area contributed by atoms with Gasteiger partial charge in [0.1, 0.15) is 23.9 Å². The zero-order valence-corrected chi connectivity index (χ0v) is 19.4. The number of para-hydroxylation sites is 1. The summed E-state index contributed by atoms with van der Waals surface area (Å²) in [5.74, 6) is -0.0953. The van der Waals surface area contributed by atoms with Gasteiger partial charge in [-0.15, -0.1) is 0 Å². The number of amides is 2. The fourth-order valence-electron chi connectivity index (χ4n) is 4.51. The standard InChI is InChI=1S/C26H30N4O4/c1-17(2)15-23(24(31)29-33)30-14-12-26(27,25(30)32)19-7-9-20(10-8-19)34-16-18-11-13-28-22-6-4-3-5-21(18)22/h3-11,13,17,23,33H,12,14-16,27H2,1-2H3,(H,29,31)/t23?,26-/m1/s1. The number of rotatable bonds is 8. The first kappa shape index (κ1) is 23.7. The van der Waals surface area contributed by atoms with Crippen LogP contribution in [0.1, 0.15) is 37.8 Å². The lowest BCUT2D eigenvalue weighted by Gasteiger charge is -2.30. The van der Waals surface area contributed by atoms with E-state index in [1.54, 1.807) is 35.9 Å². The molecule has 2 aromatic carbocycles. The molecule has 34 heavy (non-hydrogen) atoms. The molecule has 178 valence electrons. The van der Waals surface area contributed by atoms with E-state index in [0.29, 0.717) is 37.3 Å². The summed E-state index contributed by atoms with van der Waals surface area (Å²) in [7, 11) is 0. The third-order valence-corrected chi connectivity index (χ3v) is 6.38. The van der Waals surface area contributed by atoms with Gasteiger partial charge in [-0.25, -0.2) is 5.48 Å². The van der Waals surface area contributed by atoms with Crippen molar-refractivity contribution < 1.29 is 19.5 Å². The Balaban J connectivity index is 1.47. The fraction of sp³-hybridized carbons (Fsp3) is 0.346. The third-order valence-electron chi connectivity index (χ3n) is 6.38. The molecule has 4 N–H and O–H groups in total. The smallest absolute Gasteiger partial charge is 0.266 e. The van der Waals surface area contributed by atoms with Crippen LogP contribution in [-0.4, -0.2) is 39.5 Å². The average molecular weight is 463 g/mol. The highest BCUT2D eigenvalue weighted by molar-refractivity contribution is 5.94. The number of nitrogens with one attached hydrogen (secondary N) is 1. The number of fused-ring (bicyclic) bond motifs is 1. The van der Waals surface area contributed by atoms with Crippen molar-refractivity contribution in [3.8, 4) is 5.75 Å². The molecule has 4 rings (SSSR count). The van der Waals surface area contributed by atoms with Crippen LogP contribution < -0.4 is 16.0 Å². The number of carbonyl (C=O) groups is 2. The van der Waals surface area contributed by atoms with Crippen molar-refractivity contribution in [2.24, 2.45) is 11.7 Å². The quantitative estimate of drug-likeness (QED) is 0.350. The molecule has 0 saturated carbocycles. The van der Waals surface area contributed by atoms with Crippen molar-refractivity contribution in [3.63, 3.8) is 0 Å². The molecule has 0 aliphatic carbocycles. The van der Waals surface area contributed by atoms with Crippen LogP contribution in [0.2, 0.25) is 0 Å². The zero-order valence-electron chi connectivity index (χ0n) is 19.4. The Morgan fingerprint density at radius 1 is 1.21 bits per heavy atom. The number of pyridine rings is 1. The van der Waals surface area contributed by atoms with E-state index >= 15 is 0 Å². The summed E-state index contributed by atoms with van der Waals surface area (Å²) in [6, 6.07) is 16.3. The molecule has 1 unspecified atom stereocenters. The minimum absolute atomic E-state index is 0.164. The molecular weight excluding hydrogens is 432 g/mol. The number of nitrogens with two attached hydrogens (primary N) is 1. The van der Waals surface area contributed by atoms with Gasteiger partial charge < -0.3 is 15.4 Å². The summed E-state index contributed by atoms with van der Waals surface area (Å²) in [6.07, 6.45) is 2.58. The minimum Gasteiger partial charge on any atom is -0.489 e. The first-order valence-electron chi connectivity index (χ1n) is 11.4. The highest BCUT2D eigenvalue weighted by Crippen LogP contribution is 2.34. The van der Waals surface area contributed by atoms with Crippen LogP contribution >= 0.6 is 0 Å². The molecule has 3 aromatic rings. The van der Waals surface area contributed by atoms with E-state index in [4.69, 9.17) is 15.7 Å². The Morgan fingerprint density at radius 3 is 2.65 bits per heavy atom. The first-order chi connectivity index (χ1) is 16.3. The number of benzene rings is 2. The number of hydrogen-bond acceptors (Lipinski definition) is 6. The molecule has 0 radical (unpaired) electrons. The monoisotopic (exact) mass is 462 g/mol. The van der Waals surface area contributed by atoms with Gasteiger partial charge >= 0.3 is 0 Å². The van der Waals surface area contributed by atoms with Crippen LogP contribution in [0, 0.1) is 5.92 Å². The Morgan fingerprint density at radius 2 is 1.94 bits per heavy atom. The minimum atomic E-state index is -1.23. The molecular formula is C26H30N4O4. The zero-order chi connectivity index (χ0) is 24.3. The maximum atomic E-state index is 13.3. The highest BCUT2D eigenvalue weighted by Gasteiger charge is 2.48. The lowest BCUT2D eigenvalue weighted by molar-refractivity contribution is -0.144. The van der Waals surface area contributed by atoms with Gasteiger partial charge in [0.05, 0.1) is 5.52 Å². The van der Waals surface area contributed by atoms with Gasteiger partial charge in [0.25, 0.3) is 5.91 Å². The number of ether oxygens (including phenoxy) is 1. The van der Waals surface area contributed by atoms with E-state index in [-0.39, 0.29) is 11.8 Å². The van der Waals surface area contributed by atoms with Crippen LogP contribution in [0.5, 0.6) is 5.75 Å². The van der Waals surface area contributed by atoms with Crippen LogP contribution in [0.3, 0.4) is 0 Å². The molecule has 2 atom stereocenters. The Bertz CT molecular complexity index is 1180. The van der Waals surface area contributed by atoms with Crippen molar-refractivity contribution in [2.45, 2.75) is 44.9 Å². The predicted octanol–water partition coefficient (Wildman–Crippen LogP) is 3.12. The molecule has 1 aliphatic heterocycles. The number of carbonyl (C=O) groups excluding carboxylic acids is 2. The van der Waals surface area contributed by atoms with E-state index < -0.39 is 17.5 Å². The lowest BCUT2D eigenvalue weighted by atomic mass is 9.89. The number of hydrogen-bond donors (Lipinski definition) is 3. The SMILES string of the molecule is CC(C)CC(C(=O)NO)N1CC[C@@](N)(c2ccc(OCc3ccnc4ccccc34)cc2)C1=O. The van der Waals surface area contributed by atoms with Crippen molar-refractivity contribution in [1.82, 2.24) is 15.4 Å². The van der Waals surface area contributed by atoms with E-state index in [9.17, 15) is 9.59 Å². The molecule has 8 heteroatoms. The first-order valence-corrected chi connectivity index (χ1v) is 11.4. The Kier molecular flexibility index (Phi) is 6.81. The molecule has 0 bridgehead atoms. The van der Waals surface area contributed by atoms with Gasteiger partial charge in [-0.1, -0.05) is 44.2 Å². The fourth-order valence-corrected chi connectivity index (χ4v) is 4.51. The Hall–Kier alpha value is -3.49. The average Bonchev–Trinajstić information content (AvgIpc) is 3.16. The van der Waals surface area contributed by atoms with E-state index in [0.717, 1.165) is 16.5 Å². The predicted molar refractivity (Wildman–Crippen MR) is 128 cm³/mol. The van der Waals surface area contributed by atoms with Gasteiger partial charge in [-0.05, 0) is 48.6 Å². The van der Waals surface area contributed by atoms with Gasteiger partial charge in [-0.3, -0.25) is 19.8 Å². The van der Waals surface area contributed by atoms with Gasteiger partial charge in [0.15, 0.2) is 0 Å². The molecule has 2 heterocycles. The number of hydroxylamine groups is 1. The molecule has 2 amide bonds. The normalized spacial score (nSPS) is 19.0. The summed E-state index contributed by atoms with van der Waals surface area (Å²) in [5, 5.41) is 10.2. The molecule has 1 saturated heterocycles. The molecule has 8 nitrogen and oxygen atoms in total. The third kappa shape index (κ3) is 4.60. The topological polar surface area (TPSA) is 118 Å². The van der Waals surface area contributed by atoms with Gasteiger partial charge in [-0.2, -0.15) is 0 Å². The molecule has 1 aliphatic rings. The Labute approximate surface area is 198 Å². The van der Waals surface area contributed by atoms with Crippen molar-refractivity contribution in [1.29, 1.82) is 0 Å². The highest BCUT2D eigenvalue weighted by atomic mass is 16.5. The van der Waals surface area contributed by atoms with Crippen LogP contribution in [0.25, 0.3) is 10.9 Å². The van der Waals surface area contributed by atoms with Crippen LogP contribution in [-0.2, 0) is 21.7 Å². The maximum Gasteiger partial charge on any atom is 0.266 e. The number of aromatic nitrogens is 1. The second-order valence-electron chi connectivity index (χ2n) is 9.14. The number of likely N-dealkylation sites (tertiary alicyclic amines) is 1. The second kappa shape index (κ2) is 9.79. The summed E-state index contributed by atoms with van der Waals surface area (Å²) in [6.45, 7) is 4.65. The molecule has 1 aromatic heterocycles. The van der Waals surface area contributed by atoms with E-state index in [2.05, 4.69) is 4.98 Å². The maximum absolute atomic E-state index is 13.3.